The number of hydrogen-bond donors (Lipinski definition) is 0. The lowest BCUT2D eigenvalue weighted by Crippen LogP contribution is -2.03. The second kappa shape index (κ2) is 11.4. The molecule has 3 heterocycles. The van der Waals surface area contributed by atoms with E-state index in [1.165, 1.54) is 16.5 Å². The molecule has 0 radical (unpaired) electrons. The first-order valence-electron chi connectivity index (χ1n) is 15.1. The molecule has 0 saturated heterocycles. The third-order valence-electron chi connectivity index (χ3n) is 8.14. The zero-order valence-electron chi connectivity index (χ0n) is 25.4. The number of hydrogen-bond acceptors (Lipinski definition) is 4. The number of aryl methyl sites for hydroxylation is 2. The predicted octanol–water partition coefficient (Wildman–Crippen LogP) is 9.27. The van der Waals surface area contributed by atoms with Crippen LogP contribution in [0.15, 0.2) is 109 Å². The van der Waals surface area contributed by atoms with Crippen LogP contribution in [0.1, 0.15) is 30.8 Å². The number of benzene rings is 4. The Morgan fingerprint density at radius 1 is 0.705 bits per heavy atom. The van der Waals surface area contributed by atoms with Gasteiger partial charge in [-0.05, 0) is 61.2 Å². The Hall–Kier alpha value is -5.36. The molecular weight excluding hydrogens is 544 g/mol. The maximum atomic E-state index is 6.57. The highest BCUT2D eigenvalue weighted by atomic mass is 16.5. The van der Waals surface area contributed by atoms with Crippen LogP contribution in [0.3, 0.4) is 0 Å². The Labute approximate surface area is 257 Å². The van der Waals surface area contributed by atoms with Crippen molar-refractivity contribution < 1.29 is 9.47 Å². The fraction of sp³-hybridized carbons (Fsp3) is 0.158. The Morgan fingerprint density at radius 3 is 2.25 bits per heavy atom. The Kier molecular flexibility index (Phi) is 7.10. The standard InChI is InChI=1S/C38H34N4O2/c1-5-33-38(26-12-8-7-9-13-26)34(6-2)42(40-33)27-21-29(43-4)23-30(22-27)44-28-16-17-32-31-14-10-11-15-35(31)41(36(32)24-28)37-20-25(3)18-19-39-37/h7-24H,5-6H2,1-4H3. The van der Waals surface area contributed by atoms with Gasteiger partial charge in [0.2, 0.25) is 0 Å². The number of rotatable bonds is 8. The minimum atomic E-state index is 0.673. The van der Waals surface area contributed by atoms with Crippen molar-refractivity contribution in [3.8, 4) is 39.9 Å². The van der Waals surface area contributed by atoms with Crippen molar-refractivity contribution >= 4 is 21.8 Å². The first kappa shape index (κ1) is 27.5. The highest BCUT2D eigenvalue weighted by molar-refractivity contribution is 6.09. The van der Waals surface area contributed by atoms with E-state index in [9.17, 15) is 0 Å². The summed E-state index contributed by atoms with van der Waals surface area (Å²) in [5.74, 6) is 2.98. The summed E-state index contributed by atoms with van der Waals surface area (Å²) in [6.07, 6.45) is 3.52. The summed E-state index contributed by atoms with van der Waals surface area (Å²) in [6.45, 7) is 6.42. The number of nitrogens with zero attached hydrogens (tertiary/aromatic N) is 4. The van der Waals surface area contributed by atoms with Gasteiger partial charge in [0.15, 0.2) is 0 Å². The largest absolute Gasteiger partial charge is 0.497 e. The highest BCUT2D eigenvalue weighted by Gasteiger charge is 2.20. The predicted molar refractivity (Wildman–Crippen MR) is 178 cm³/mol. The average molecular weight is 579 g/mol. The number of aromatic nitrogens is 4. The zero-order valence-corrected chi connectivity index (χ0v) is 25.4. The van der Waals surface area contributed by atoms with Gasteiger partial charge in [0.25, 0.3) is 0 Å². The maximum Gasteiger partial charge on any atom is 0.137 e. The normalized spacial score (nSPS) is 11.4. The van der Waals surface area contributed by atoms with Crippen LogP contribution >= 0.6 is 0 Å². The molecule has 0 fully saturated rings. The first-order valence-corrected chi connectivity index (χ1v) is 15.1. The van der Waals surface area contributed by atoms with Crippen molar-refractivity contribution in [3.05, 3.63) is 126 Å². The molecule has 7 rings (SSSR count). The molecule has 0 unspecified atom stereocenters. The van der Waals surface area contributed by atoms with E-state index in [0.29, 0.717) is 11.5 Å². The Bertz CT molecular complexity index is 2120. The van der Waals surface area contributed by atoms with E-state index >= 15 is 0 Å². The number of fused-ring (bicyclic) bond motifs is 3. The summed E-state index contributed by atoms with van der Waals surface area (Å²) in [6, 6.07) is 35.3. The molecule has 0 spiro atoms. The summed E-state index contributed by atoms with van der Waals surface area (Å²) in [5.41, 5.74) is 8.79. The minimum Gasteiger partial charge on any atom is -0.497 e. The molecule has 0 aliphatic carbocycles. The fourth-order valence-corrected chi connectivity index (χ4v) is 6.12. The minimum absolute atomic E-state index is 0.673. The van der Waals surface area contributed by atoms with Crippen LogP contribution in [0.2, 0.25) is 0 Å². The molecule has 0 atom stereocenters. The summed E-state index contributed by atoms with van der Waals surface area (Å²) in [7, 11) is 1.68. The molecule has 6 nitrogen and oxygen atoms in total. The lowest BCUT2D eigenvalue weighted by Gasteiger charge is -2.13. The molecule has 0 bridgehead atoms. The van der Waals surface area contributed by atoms with Crippen LogP contribution in [0, 0.1) is 6.92 Å². The van der Waals surface area contributed by atoms with Crippen LogP contribution in [-0.4, -0.2) is 26.4 Å². The smallest absolute Gasteiger partial charge is 0.137 e. The van der Waals surface area contributed by atoms with Gasteiger partial charge in [-0.2, -0.15) is 5.10 Å². The van der Waals surface area contributed by atoms with Crippen LogP contribution in [0.25, 0.3) is 44.4 Å². The molecule has 0 N–H and O–H groups in total. The second-order valence-electron chi connectivity index (χ2n) is 10.9. The molecule has 0 saturated carbocycles. The maximum absolute atomic E-state index is 6.57. The van der Waals surface area contributed by atoms with Crippen molar-refractivity contribution in [3.63, 3.8) is 0 Å². The zero-order chi connectivity index (χ0) is 30.2. The van der Waals surface area contributed by atoms with E-state index < -0.39 is 0 Å². The fourth-order valence-electron chi connectivity index (χ4n) is 6.12. The van der Waals surface area contributed by atoms with Crippen LogP contribution in [-0.2, 0) is 12.8 Å². The SMILES string of the molecule is CCc1nn(-c2cc(OC)cc(Oc3ccc4c5ccccc5n(-c5cc(C)ccn5)c4c3)c2)c(CC)c1-c1ccccc1. The second-order valence-corrected chi connectivity index (χ2v) is 10.9. The van der Waals surface area contributed by atoms with Gasteiger partial charge in [0.1, 0.15) is 23.1 Å². The van der Waals surface area contributed by atoms with Crippen molar-refractivity contribution in [1.82, 2.24) is 19.3 Å². The number of methoxy groups -OCH3 is 1. The quantitative estimate of drug-likeness (QED) is 0.180. The number of para-hydroxylation sites is 1. The number of ether oxygens (including phenoxy) is 2. The van der Waals surface area contributed by atoms with Gasteiger partial charge in [-0.1, -0.05) is 62.4 Å². The third kappa shape index (κ3) is 4.78. The van der Waals surface area contributed by atoms with Crippen molar-refractivity contribution in [2.75, 3.05) is 7.11 Å². The number of pyridine rings is 1. The van der Waals surface area contributed by atoms with Gasteiger partial charge >= 0.3 is 0 Å². The van der Waals surface area contributed by atoms with E-state index in [2.05, 4.69) is 92.1 Å². The van der Waals surface area contributed by atoms with E-state index in [4.69, 9.17) is 19.6 Å². The van der Waals surface area contributed by atoms with Gasteiger partial charge in [0.05, 0.1) is 35.2 Å². The van der Waals surface area contributed by atoms with E-state index in [-0.39, 0.29) is 0 Å². The highest BCUT2D eigenvalue weighted by Crippen LogP contribution is 2.37. The Balaban J connectivity index is 1.34. The van der Waals surface area contributed by atoms with Gasteiger partial charge in [-0.15, -0.1) is 0 Å². The average Bonchev–Trinajstić information content (AvgIpc) is 3.60. The lowest BCUT2D eigenvalue weighted by molar-refractivity contribution is 0.408. The van der Waals surface area contributed by atoms with Gasteiger partial charge in [0, 0.05) is 46.8 Å². The molecule has 4 aromatic carbocycles. The summed E-state index contributed by atoms with van der Waals surface area (Å²) in [4.78, 5) is 4.71. The van der Waals surface area contributed by atoms with Crippen molar-refractivity contribution in [1.29, 1.82) is 0 Å². The van der Waals surface area contributed by atoms with Gasteiger partial charge in [-0.25, -0.2) is 9.67 Å². The molecule has 7 aromatic rings. The molecule has 44 heavy (non-hydrogen) atoms. The van der Waals surface area contributed by atoms with Crippen molar-refractivity contribution in [2.45, 2.75) is 33.6 Å². The van der Waals surface area contributed by atoms with Gasteiger partial charge in [-0.3, -0.25) is 4.57 Å². The van der Waals surface area contributed by atoms with Crippen LogP contribution in [0.4, 0.5) is 0 Å². The molecule has 6 heteroatoms. The first-order chi connectivity index (χ1) is 21.6. The summed E-state index contributed by atoms with van der Waals surface area (Å²) < 4.78 is 16.6. The molecule has 0 aliphatic heterocycles. The monoisotopic (exact) mass is 578 g/mol. The van der Waals surface area contributed by atoms with Crippen molar-refractivity contribution in [2.24, 2.45) is 0 Å². The molecule has 3 aromatic heterocycles. The lowest BCUT2D eigenvalue weighted by atomic mass is 10.0. The third-order valence-corrected chi connectivity index (χ3v) is 8.14. The molecule has 0 aliphatic rings. The van der Waals surface area contributed by atoms with E-state index in [1.807, 2.05) is 47.3 Å². The van der Waals surface area contributed by atoms with E-state index in [0.717, 1.165) is 63.5 Å². The molecule has 218 valence electrons. The summed E-state index contributed by atoms with van der Waals surface area (Å²) >= 11 is 0. The molecule has 0 amide bonds. The van der Waals surface area contributed by atoms with Gasteiger partial charge < -0.3 is 9.47 Å². The Morgan fingerprint density at radius 2 is 1.48 bits per heavy atom. The topological polar surface area (TPSA) is 54.1 Å². The van der Waals surface area contributed by atoms with E-state index in [1.54, 1.807) is 7.11 Å². The summed E-state index contributed by atoms with van der Waals surface area (Å²) in [5, 5.41) is 7.40. The van der Waals surface area contributed by atoms with Crippen LogP contribution < -0.4 is 9.47 Å². The molecular formula is C38H34N4O2. The van der Waals surface area contributed by atoms with Crippen LogP contribution in [0.5, 0.6) is 17.2 Å².